The van der Waals surface area contributed by atoms with Crippen molar-refractivity contribution in [2.75, 3.05) is 12.4 Å². The summed E-state index contributed by atoms with van der Waals surface area (Å²) in [6.45, 7) is -0.353. The lowest BCUT2D eigenvalue weighted by atomic mass is 10.0. The van der Waals surface area contributed by atoms with Crippen LogP contribution in [0.5, 0.6) is 5.75 Å². The number of rotatable bonds is 5. The number of Topliss-reactive ketones (excluding diaryl/α,β-unsaturated/α-hetero) is 1. The quantitative estimate of drug-likeness (QED) is 0.479. The van der Waals surface area contributed by atoms with Gasteiger partial charge in [-0.25, -0.2) is 4.79 Å². The summed E-state index contributed by atoms with van der Waals surface area (Å²) < 4.78 is 17.3. The highest BCUT2D eigenvalue weighted by Gasteiger charge is 2.60. The average molecular weight is 366 g/mol. The Bertz CT molecular complexity index is 766. The van der Waals surface area contributed by atoms with Crippen LogP contribution in [-0.4, -0.2) is 67.6 Å². The van der Waals surface area contributed by atoms with Gasteiger partial charge in [0.1, 0.15) is 17.2 Å². The maximum atomic E-state index is 12.1. The second kappa shape index (κ2) is 6.63. The zero-order valence-electron chi connectivity index (χ0n) is 12.8. The number of hydrogen-bond donors (Lipinski definition) is 2. The average Bonchev–Trinajstić information content (AvgIpc) is 2.58. The van der Waals surface area contributed by atoms with Gasteiger partial charge in [0.05, 0.1) is 16.6 Å². The van der Waals surface area contributed by atoms with Crippen molar-refractivity contribution in [2.24, 2.45) is 0 Å². The molecule has 2 aliphatic heterocycles. The van der Waals surface area contributed by atoms with Crippen molar-refractivity contribution in [3.63, 3.8) is 0 Å². The highest BCUT2D eigenvalue weighted by atomic mass is 32.2. The molecule has 2 fully saturated rings. The SMILES string of the molecule is O=C(COc1ccccc1)NC1C(=O)N2C(C(=O)O)C(=O)C[S@@](=O)[C@@H]12. The Hall–Kier alpha value is -2.75. The third kappa shape index (κ3) is 3.12. The molecular weight excluding hydrogens is 352 g/mol. The number of nitrogens with one attached hydrogen (secondary N) is 1. The Balaban J connectivity index is 1.63. The fourth-order valence-corrected chi connectivity index (χ4v) is 4.35. The van der Waals surface area contributed by atoms with E-state index < -0.39 is 57.6 Å². The lowest BCUT2D eigenvalue weighted by Crippen LogP contribution is -2.79. The van der Waals surface area contributed by atoms with E-state index in [1.165, 1.54) is 0 Å². The number of ether oxygens (including phenoxy) is 1. The van der Waals surface area contributed by atoms with Crippen LogP contribution >= 0.6 is 0 Å². The van der Waals surface area contributed by atoms with E-state index in [9.17, 15) is 23.4 Å². The van der Waals surface area contributed by atoms with Crippen molar-refractivity contribution in [3.8, 4) is 5.75 Å². The minimum absolute atomic E-state index is 0.353. The molecule has 132 valence electrons. The summed E-state index contributed by atoms with van der Waals surface area (Å²) in [5.74, 6) is -3.60. The molecule has 9 nitrogen and oxygen atoms in total. The summed E-state index contributed by atoms with van der Waals surface area (Å²) in [5.41, 5.74) is 0. The molecule has 1 aromatic rings. The van der Waals surface area contributed by atoms with E-state index in [0.29, 0.717) is 5.75 Å². The summed E-state index contributed by atoms with van der Waals surface area (Å²) in [5, 5.41) is 10.5. The van der Waals surface area contributed by atoms with E-state index in [4.69, 9.17) is 9.84 Å². The van der Waals surface area contributed by atoms with Gasteiger partial charge >= 0.3 is 5.97 Å². The van der Waals surface area contributed by atoms with E-state index in [1.807, 2.05) is 0 Å². The van der Waals surface area contributed by atoms with Crippen molar-refractivity contribution in [1.29, 1.82) is 0 Å². The van der Waals surface area contributed by atoms with Gasteiger partial charge in [0.2, 0.25) is 5.91 Å². The van der Waals surface area contributed by atoms with Gasteiger partial charge in [-0.05, 0) is 12.1 Å². The van der Waals surface area contributed by atoms with Gasteiger partial charge in [-0.1, -0.05) is 18.2 Å². The topological polar surface area (TPSA) is 130 Å². The number of para-hydroxylation sites is 1. The maximum absolute atomic E-state index is 12.1. The second-order valence-electron chi connectivity index (χ2n) is 5.52. The molecule has 0 radical (unpaired) electrons. The Morgan fingerprint density at radius 3 is 2.60 bits per heavy atom. The predicted molar refractivity (Wildman–Crippen MR) is 83.9 cm³/mol. The Morgan fingerprint density at radius 1 is 1.28 bits per heavy atom. The van der Waals surface area contributed by atoms with E-state index in [2.05, 4.69) is 5.32 Å². The van der Waals surface area contributed by atoms with Crippen molar-refractivity contribution < 1.29 is 33.2 Å². The first kappa shape index (κ1) is 17.1. The van der Waals surface area contributed by atoms with Crippen LogP contribution in [-0.2, 0) is 30.0 Å². The molecule has 3 rings (SSSR count). The molecule has 0 bridgehead atoms. The Kier molecular flexibility index (Phi) is 4.53. The van der Waals surface area contributed by atoms with Gasteiger partial charge in [0.25, 0.3) is 5.91 Å². The van der Waals surface area contributed by atoms with Gasteiger partial charge < -0.3 is 20.1 Å². The number of nitrogens with zero attached hydrogens (tertiary/aromatic N) is 1. The smallest absolute Gasteiger partial charge is 0.334 e. The number of amides is 2. The molecule has 0 saturated carbocycles. The summed E-state index contributed by atoms with van der Waals surface area (Å²) in [4.78, 5) is 47.7. The lowest BCUT2D eigenvalue weighted by molar-refractivity contribution is -0.165. The summed E-state index contributed by atoms with van der Waals surface area (Å²) >= 11 is 0. The van der Waals surface area contributed by atoms with Crippen LogP contribution in [0.15, 0.2) is 30.3 Å². The van der Waals surface area contributed by atoms with Crippen LogP contribution < -0.4 is 10.1 Å². The van der Waals surface area contributed by atoms with Crippen LogP contribution in [0.2, 0.25) is 0 Å². The molecule has 25 heavy (non-hydrogen) atoms. The zero-order chi connectivity index (χ0) is 18.1. The van der Waals surface area contributed by atoms with Crippen molar-refractivity contribution >= 4 is 34.4 Å². The number of carboxylic acids is 1. The zero-order valence-corrected chi connectivity index (χ0v) is 13.6. The fraction of sp³-hybridized carbons (Fsp3) is 0.333. The van der Waals surface area contributed by atoms with Gasteiger partial charge in [-0.15, -0.1) is 0 Å². The van der Waals surface area contributed by atoms with Gasteiger partial charge in [-0.3, -0.25) is 18.6 Å². The first-order valence-electron chi connectivity index (χ1n) is 7.32. The highest BCUT2D eigenvalue weighted by molar-refractivity contribution is 7.86. The molecule has 2 unspecified atom stereocenters. The molecule has 10 heteroatoms. The lowest BCUT2D eigenvalue weighted by Gasteiger charge is -2.50. The fourth-order valence-electron chi connectivity index (χ4n) is 2.77. The number of carboxylic acid groups (broad SMARTS) is 1. The second-order valence-corrected chi connectivity index (χ2v) is 7.05. The molecule has 2 N–H and O–H groups in total. The van der Waals surface area contributed by atoms with Gasteiger partial charge in [-0.2, -0.15) is 0 Å². The number of hydrogen-bond acceptors (Lipinski definition) is 6. The minimum atomic E-state index is -1.77. The van der Waals surface area contributed by atoms with Crippen LogP contribution in [0.25, 0.3) is 0 Å². The summed E-state index contributed by atoms with van der Waals surface area (Å²) in [6, 6.07) is 5.79. The van der Waals surface area contributed by atoms with E-state index in [1.54, 1.807) is 30.3 Å². The van der Waals surface area contributed by atoms with Gasteiger partial charge in [0.15, 0.2) is 18.4 Å². The molecule has 2 aliphatic rings. The summed E-state index contributed by atoms with van der Waals surface area (Å²) in [7, 11) is -1.77. The molecule has 0 aromatic heterocycles. The maximum Gasteiger partial charge on any atom is 0.334 e. The first-order valence-corrected chi connectivity index (χ1v) is 8.70. The largest absolute Gasteiger partial charge is 0.484 e. The highest BCUT2D eigenvalue weighted by Crippen LogP contribution is 2.30. The van der Waals surface area contributed by atoms with Crippen LogP contribution in [0, 0.1) is 0 Å². The van der Waals surface area contributed by atoms with E-state index >= 15 is 0 Å². The molecular formula is C15H14N2O7S. The van der Waals surface area contributed by atoms with Crippen LogP contribution in [0.4, 0.5) is 0 Å². The molecule has 2 saturated heterocycles. The molecule has 4 atom stereocenters. The molecule has 2 amide bonds. The van der Waals surface area contributed by atoms with Gasteiger partial charge in [0, 0.05) is 0 Å². The Labute approximate surface area is 144 Å². The number of carbonyl (C=O) groups is 4. The number of aliphatic carboxylic acids is 1. The monoisotopic (exact) mass is 366 g/mol. The number of β-lactam (4-membered cyclic amide) rings is 1. The third-order valence-corrected chi connectivity index (χ3v) is 5.49. The standard InChI is InChI=1S/C15H14N2O7S/c18-9-7-25(23)14-11(13(20)17(14)12(9)15(21)22)16-10(19)6-24-8-4-2-1-3-5-8/h1-5,11-12,14H,6-7H2,(H,16,19)(H,21,22)/t11?,12?,14-,25+/m0/s1. The predicted octanol–water partition coefficient (Wildman–Crippen LogP) is -1.50. The normalized spacial score (nSPS) is 27.9. The molecule has 0 spiro atoms. The van der Waals surface area contributed by atoms with Crippen molar-refractivity contribution in [2.45, 2.75) is 17.5 Å². The summed E-state index contributed by atoms with van der Waals surface area (Å²) in [6.07, 6.45) is 0. The first-order chi connectivity index (χ1) is 11.9. The van der Waals surface area contributed by atoms with Crippen molar-refractivity contribution in [1.82, 2.24) is 10.2 Å². The molecule has 1 aromatic carbocycles. The molecule has 0 aliphatic carbocycles. The number of ketones is 1. The van der Waals surface area contributed by atoms with Crippen molar-refractivity contribution in [3.05, 3.63) is 30.3 Å². The Morgan fingerprint density at radius 2 is 1.96 bits per heavy atom. The molecule has 2 heterocycles. The minimum Gasteiger partial charge on any atom is -0.484 e. The number of carbonyl (C=O) groups excluding carboxylic acids is 3. The number of benzene rings is 1. The van der Waals surface area contributed by atoms with Crippen LogP contribution in [0.3, 0.4) is 0 Å². The van der Waals surface area contributed by atoms with E-state index in [-0.39, 0.29) is 6.61 Å². The van der Waals surface area contributed by atoms with E-state index in [0.717, 1.165) is 4.90 Å². The van der Waals surface area contributed by atoms with Crippen LogP contribution in [0.1, 0.15) is 0 Å². The third-order valence-electron chi connectivity index (χ3n) is 3.88. The number of fused-ring (bicyclic) bond motifs is 1.